The summed E-state index contributed by atoms with van der Waals surface area (Å²) < 4.78 is 50.8. The third kappa shape index (κ3) is 4.11. The Morgan fingerprint density at radius 3 is 2.57 bits per heavy atom. The Bertz CT molecular complexity index is 1150. The third-order valence-electron chi connectivity index (χ3n) is 8.54. The summed E-state index contributed by atoms with van der Waals surface area (Å²) in [5, 5.41) is 11.5. The first kappa shape index (κ1) is 24.1. The van der Waals surface area contributed by atoms with E-state index in [1.807, 2.05) is 31.2 Å². The summed E-state index contributed by atoms with van der Waals surface area (Å²) in [4.78, 5) is 12.2. The Hall–Kier alpha value is -2.56. The highest BCUT2D eigenvalue weighted by atomic mass is 19.4. The minimum absolute atomic E-state index is 0.0247. The van der Waals surface area contributed by atoms with Gasteiger partial charge in [0.2, 0.25) is 0 Å². The lowest BCUT2D eigenvalue weighted by atomic mass is 9.61. The molecule has 3 unspecified atom stereocenters. The number of ketones is 1. The summed E-state index contributed by atoms with van der Waals surface area (Å²) in [6.07, 6.45) is -0.0290. The molecule has 5 atom stereocenters. The lowest BCUT2D eigenvalue weighted by Crippen LogP contribution is -2.48. The van der Waals surface area contributed by atoms with Gasteiger partial charge < -0.3 is 14.6 Å². The van der Waals surface area contributed by atoms with Gasteiger partial charge in [0.25, 0.3) is 0 Å². The third-order valence-corrected chi connectivity index (χ3v) is 8.54. The van der Waals surface area contributed by atoms with Gasteiger partial charge >= 0.3 is 6.18 Å². The molecule has 1 heterocycles. The van der Waals surface area contributed by atoms with Gasteiger partial charge in [0.15, 0.2) is 5.78 Å². The molecule has 0 aromatic heterocycles. The fourth-order valence-corrected chi connectivity index (χ4v) is 6.70. The van der Waals surface area contributed by atoms with Gasteiger partial charge in [-0.15, -0.1) is 0 Å². The Kier molecular flexibility index (Phi) is 5.89. The minimum atomic E-state index is -4.67. The second-order valence-corrected chi connectivity index (χ2v) is 10.3. The van der Waals surface area contributed by atoms with Crippen molar-refractivity contribution in [3.05, 3.63) is 52.6 Å². The highest BCUT2D eigenvalue weighted by Gasteiger charge is 2.61. The van der Waals surface area contributed by atoms with Crippen LogP contribution in [0, 0.1) is 29.1 Å². The van der Waals surface area contributed by atoms with Gasteiger partial charge in [-0.25, -0.2) is 0 Å². The van der Waals surface area contributed by atoms with Crippen LogP contribution in [0.25, 0.3) is 0 Å². The van der Waals surface area contributed by atoms with Crippen molar-refractivity contribution < 1.29 is 32.5 Å². The second-order valence-electron chi connectivity index (χ2n) is 10.3. The van der Waals surface area contributed by atoms with E-state index in [1.165, 1.54) is 5.92 Å². The molecule has 1 aliphatic heterocycles. The molecule has 0 bridgehead atoms. The normalized spacial score (nSPS) is 34.6. The van der Waals surface area contributed by atoms with Gasteiger partial charge in [-0.2, -0.15) is 13.2 Å². The fraction of sp³-hybridized carbons (Fsp3) is 0.536. The summed E-state index contributed by atoms with van der Waals surface area (Å²) in [5.41, 5.74) is 1.46. The predicted molar refractivity (Wildman–Crippen MR) is 123 cm³/mol. The number of fused-ring (bicyclic) bond motifs is 4. The lowest BCUT2D eigenvalue weighted by molar-refractivity contribution is -0.114. The van der Waals surface area contributed by atoms with Crippen LogP contribution in [0.5, 0.6) is 5.75 Å². The van der Waals surface area contributed by atoms with Crippen molar-refractivity contribution in [3.63, 3.8) is 0 Å². The van der Waals surface area contributed by atoms with E-state index in [0.29, 0.717) is 25.0 Å². The Labute approximate surface area is 203 Å². The average molecular weight is 487 g/mol. The monoisotopic (exact) mass is 486 g/mol. The van der Waals surface area contributed by atoms with Crippen LogP contribution in [-0.4, -0.2) is 36.4 Å². The van der Waals surface area contributed by atoms with Gasteiger partial charge in [-0.1, -0.05) is 25.0 Å². The average Bonchev–Trinajstić information content (AvgIpc) is 2.99. The van der Waals surface area contributed by atoms with Gasteiger partial charge in [-0.05, 0) is 84.4 Å². The topological polar surface area (TPSA) is 55.8 Å². The smallest absolute Gasteiger partial charge is 0.457 e. The SMILES string of the molecule is COc1ccc(C2OC[C@@]3(C)C(CC[C@@]3(O)C#CC(F)(F)F)C3CCC4=CC(=O)CCC4=C23)cc1. The quantitative estimate of drug-likeness (QED) is 0.563. The first-order valence-corrected chi connectivity index (χ1v) is 12.1. The summed E-state index contributed by atoms with van der Waals surface area (Å²) in [7, 11) is 1.60. The number of alkyl halides is 3. The van der Waals surface area contributed by atoms with Crippen LogP contribution in [0.1, 0.15) is 57.1 Å². The molecule has 1 N–H and O–H groups in total. The summed E-state index contributed by atoms with van der Waals surface area (Å²) in [5.74, 6) is 4.32. The Morgan fingerprint density at radius 2 is 1.89 bits per heavy atom. The van der Waals surface area contributed by atoms with Crippen LogP contribution in [0.3, 0.4) is 0 Å². The van der Waals surface area contributed by atoms with Crippen molar-refractivity contribution in [2.24, 2.45) is 17.3 Å². The zero-order valence-corrected chi connectivity index (χ0v) is 19.9. The summed E-state index contributed by atoms with van der Waals surface area (Å²) >= 11 is 0. The standard InChI is InChI=1S/C28H29F3O4/c1-26-16-35-25(17-3-7-20(34-2)8-4-17)24-21-10-6-19(32)15-18(21)5-9-22(24)23(26)11-12-27(26,33)13-14-28(29,30)31/h3-4,7-8,15,22-23,25,33H,5-6,9-12,16H2,1-2H3/t22?,23?,25?,26-,27+/m0/s1. The second kappa shape index (κ2) is 8.53. The summed E-state index contributed by atoms with van der Waals surface area (Å²) in [6.45, 7) is 1.91. The zero-order chi connectivity index (χ0) is 25.0. The van der Waals surface area contributed by atoms with Gasteiger partial charge in [-0.3, -0.25) is 4.79 Å². The molecule has 5 rings (SSSR count). The number of hydrogen-bond acceptors (Lipinski definition) is 4. The number of rotatable bonds is 2. The molecule has 4 nitrogen and oxygen atoms in total. The van der Waals surface area contributed by atoms with E-state index in [0.717, 1.165) is 35.1 Å². The van der Waals surface area contributed by atoms with Crippen LogP contribution in [0.2, 0.25) is 0 Å². The number of halogens is 3. The molecule has 0 spiro atoms. The molecule has 0 amide bonds. The van der Waals surface area contributed by atoms with E-state index >= 15 is 0 Å². The first-order chi connectivity index (χ1) is 16.5. The number of methoxy groups -OCH3 is 1. The van der Waals surface area contributed by atoms with Crippen LogP contribution < -0.4 is 4.74 Å². The van der Waals surface area contributed by atoms with E-state index < -0.39 is 23.3 Å². The van der Waals surface area contributed by atoms with E-state index in [-0.39, 0.29) is 30.6 Å². The van der Waals surface area contributed by atoms with E-state index in [2.05, 4.69) is 5.92 Å². The number of hydrogen-bond donors (Lipinski definition) is 1. The van der Waals surface area contributed by atoms with Crippen molar-refractivity contribution in [1.29, 1.82) is 0 Å². The molecule has 7 heteroatoms. The van der Waals surface area contributed by atoms with Crippen molar-refractivity contribution in [1.82, 2.24) is 0 Å². The van der Waals surface area contributed by atoms with Crippen molar-refractivity contribution in [3.8, 4) is 17.6 Å². The molecular formula is C28H29F3O4. The molecule has 186 valence electrons. The van der Waals surface area contributed by atoms with Crippen LogP contribution in [-0.2, 0) is 9.53 Å². The van der Waals surface area contributed by atoms with Crippen molar-refractivity contribution >= 4 is 5.78 Å². The van der Waals surface area contributed by atoms with Crippen LogP contribution in [0.15, 0.2) is 47.1 Å². The molecule has 0 radical (unpaired) electrons. The fourth-order valence-electron chi connectivity index (χ4n) is 6.70. The minimum Gasteiger partial charge on any atom is -0.497 e. The highest BCUT2D eigenvalue weighted by Crippen LogP contribution is 2.61. The maximum Gasteiger partial charge on any atom is 0.457 e. The maximum absolute atomic E-state index is 13.0. The molecule has 3 aliphatic carbocycles. The van der Waals surface area contributed by atoms with Gasteiger partial charge in [0, 0.05) is 17.8 Å². The molecule has 1 saturated carbocycles. The van der Waals surface area contributed by atoms with Crippen LogP contribution >= 0.6 is 0 Å². The maximum atomic E-state index is 13.0. The summed E-state index contributed by atoms with van der Waals surface area (Å²) in [6, 6.07) is 7.61. The number of carbonyl (C=O) groups is 1. The van der Waals surface area contributed by atoms with Crippen molar-refractivity contribution in [2.75, 3.05) is 13.7 Å². The Morgan fingerprint density at radius 1 is 1.14 bits per heavy atom. The molecule has 4 aliphatic rings. The van der Waals surface area contributed by atoms with Crippen molar-refractivity contribution in [2.45, 2.75) is 63.3 Å². The number of benzene rings is 1. The van der Waals surface area contributed by atoms with Gasteiger partial charge in [0.05, 0.1) is 13.7 Å². The number of allylic oxidation sites excluding steroid dienone is 3. The lowest BCUT2D eigenvalue weighted by Gasteiger charge is -2.42. The number of aliphatic hydroxyl groups is 1. The molecule has 2 fully saturated rings. The molecule has 35 heavy (non-hydrogen) atoms. The largest absolute Gasteiger partial charge is 0.497 e. The van der Waals surface area contributed by atoms with Gasteiger partial charge in [0.1, 0.15) is 17.5 Å². The van der Waals surface area contributed by atoms with E-state index in [4.69, 9.17) is 9.47 Å². The highest BCUT2D eigenvalue weighted by molar-refractivity contribution is 5.93. The number of ether oxygens (including phenoxy) is 2. The predicted octanol–water partition coefficient (Wildman–Crippen LogP) is 5.48. The Balaban J connectivity index is 1.64. The zero-order valence-electron chi connectivity index (χ0n) is 19.9. The molecular weight excluding hydrogens is 457 g/mol. The number of carbonyl (C=O) groups excluding carboxylic acids is 1. The molecule has 1 aromatic rings. The van der Waals surface area contributed by atoms with Crippen LogP contribution in [0.4, 0.5) is 13.2 Å². The first-order valence-electron chi connectivity index (χ1n) is 12.1. The molecule has 1 aromatic carbocycles. The van der Waals surface area contributed by atoms with E-state index in [1.54, 1.807) is 13.2 Å². The van der Waals surface area contributed by atoms with E-state index in [9.17, 15) is 23.1 Å². The molecule has 1 saturated heterocycles.